The molecule has 0 aliphatic heterocycles. The fourth-order valence-electron chi connectivity index (χ4n) is 1.98. The van der Waals surface area contributed by atoms with E-state index >= 15 is 0 Å². The molecule has 3 rings (SSSR count). The number of rotatable bonds is 5. The molecule has 104 valence electrons. The zero-order chi connectivity index (χ0) is 13.9. The minimum atomic E-state index is 0.693. The largest absolute Gasteiger partial charge is 0.456 e. The second-order valence-electron chi connectivity index (χ2n) is 5.20. The van der Waals surface area contributed by atoms with Crippen LogP contribution in [0.2, 0.25) is 5.02 Å². The maximum Gasteiger partial charge on any atom is 0.146 e. The molecule has 1 N–H and O–H groups in total. The number of aryl methyl sites for hydroxylation is 1. The molecule has 1 heterocycles. The number of nitrogens with zero attached hydrogens (tertiary/aromatic N) is 1. The van der Waals surface area contributed by atoms with Crippen molar-refractivity contribution in [2.45, 2.75) is 32.4 Å². The van der Waals surface area contributed by atoms with Gasteiger partial charge in [0.25, 0.3) is 0 Å². The van der Waals surface area contributed by atoms with Crippen molar-refractivity contribution in [2.24, 2.45) is 0 Å². The van der Waals surface area contributed by atoms with Gasteiger partial charge in [-0.15, -0.1) is 0 Å². The first kappa shape index (κ1) is 13.4. The quantitative estimate of drug-likeness (QED) is 0.900. The first-order chi connectivity index (χ1) is 9.70. The molecule has 4 heteroatoms. The van der Waals surface area contributed by atoms with E-state index in [2.05, 4.69) is 10.3 Å². The summed E-state index contributed by atoms with van der Waals surface area (Å²) < 4.78 is 5.83. The van der Waals surface area contributed by atoms with E-state index in [1.54, 1.807) is 6.20 Å². The Morgan fingerprint density at radius 1 is 1.25 bits per heavy atom. The Bertz CT molecular complexity index is 611. The third-order valence-corrected chi connectivity index (χ3v) is 3.73. The van der Waals surface area contributed by atoms with Crippen LogP contribution in [-0.4, -0.2) is 11.0 Å². The summed E-state index contributed by atoms with van der Waals surface area (Å²) in [6, 6.07) is 8.35. The van der Waals surface area contributed by atoms with Crippen LogP contribution < -0.4 is 10.1 Å². The first-order valence-electron chi connectivity index (χ1n) is 6.82. The SMILES string of the molecule is Cc1cc(Oc2cncc(CNC3CC3)c2)ccc1Cl. The van der Waals surface area contributed by atoms with Gasteiger partial charge < -0.3 is 10.1 Å². The van der Waals surface area contributed by atoms with Crippen LogP contribution in [0, 0.1) is 6.92 Å². The van der Waals surface area contributed by atoms with E-state index in [9.17, 15) is 0 Å². The van der Waals surface area contributed by atoms with Crippen LogP contribution in [0.3, 0.4) is 0 Å². The number of benzene rings is 1. The topological polar surface area (TPSA) is 34.1 Å². The molecule has 0 saturated heterocycles. The van der Waals surface area contributed by atoms with E-state index in [-0.39, 0.29) is 0 Å². The van der Waals surface area contributed by atoms with Crippen molar-refractivity contribution in [3.63, 3.8) is 0 Å². The van der Waals surface area contributed by atoms with E-state index in [1.807, 2.05) is 37.4 Å². The molecule has 1 aliphatic carbocycles. The van der Waals surface area contributed by atoms with Gasteiger partial charge in [-0.05, 0) is 55.2 Å². The highest BCUT2D eigenvalue weighted by atomic mass is 35.5. The van der Waals surface area contributed by atoms with Gasteiger partial charge >= 0.3 is 0 Å². The number of nitrogens with one attached hydrogen (secondary N) is 1. The van der Waals surface area contributed by atoms with E-state index in [4.69, 9.17) is 16.3 Å². The van der Waals surface area contributed by atoms with Gasteiger partial charge in [-0.1, -0.05) is 11.6 Å². The molecule has 0 atom stereocenters. The summed E-state index contributed by atoms with van der Waals surface area (Å²) in [5.74, 6) is 1.53. The van der Waals surface area contributed by atoms with Crippen molar-refractivity contribution in [1.29, 1.82) is 0 Å². The first-order valence-corrected chi connectivity index (χ1v) is 7.20. The Hall–Kier alpha value is -1.58. The van der Waals surface area contributed by atoms with Crippen LogP contribution >= 0.6 is 11.6 Å². The summed E-state index contributed by atoms with van der Waals surface area (Å²) in [4.78, 5) is 4.23. The molecular formula is C16H17ClN2O. The number of ether oxygens (including phenoxy) is 1. The van der Waals surface area contributed by atoms with Gasteiger partial charge in [-0.2, -0.15) is 0 Å². The van der Waals surface area contributed by atoms with Crippen molar-refractivity contribution in [3.05, 3.63) is 52.8 Å². The van der Waals surface area contributed by atoms with Crippen molar-refractivity contribution < 1.29 is 4.74 Å². The van der Waals surface area contributed by atoms with E-state index in [0.717, 1.165) is 34.2 Å². The average molecular weight is 289 g/mol. The molecule has 1 saturated carbocycles. The Morgan fingerprint density at radius 2 is 2.10 bits per heavy atom. The third-order valence-electron chi connectivity index (χ3n) is 3.31. The summed E-state index contributed by atoms with van der Waals surface area (Å²) in [6.45, 7) is 2.80. The van der Waals surface area contributed by atoms with Crippen molar-refractivity contribution in [2.75, 3.05) is 0 Å². The highest BCUT2D eigenvalue weighted by Crippen LogP contribution is 2.26. The lowest BCUT2D eigenvalue weighted by Crippen LogP contribution is -2.15. The van der Waals surface area contributed by atoms with Gasteiger partial charge in [0.2, 0.25) is 0 Å². The van der Waals surface area contributed by atoms with Crippen LogP contribution in [-0.2, 0) is 6.54 Å². The maximum absolute atomic E-state index is 6.01. The molecule has 0 bridgehead atoms. The fraction of sp³-hybridized carbons (Fsp3) is 0.312. The van der Waals surface area contributed by atoms with Crippen LogP contribution in [0.15, 0.2) is 36.7 Å². The summed E-state index contributed by atoms with van der Waals surface area (Å²) in [7, 11) is 0. The predicted octanol–water partition coefficient (Wildman–Crippen LogP) is 4.09. The van der Waals surface area contributed by atoms with Gasteiger partial charge in [0, 0.05) is 23.8 Å². The lowest BCUT2D eigenvalue weighted by molar-refractivity contribution is 0.478. The molecule has 0 spiro atoms. The normalized spacial score (nSPS) is 14.3. The molecule has 1 aliphatic rings. The molecule has 20 heavy (non-hydrogen) atoms. The zero-order valence-electron chi connectivity index (χ0n) is 11.4. The molecular weight excluding hydrogens is 272 g/mol. The summed E-state index contributed by atoms with van der Waals surface area (Å²) in [5, 5.41) is 4.22. The van der Waals surface area contributed by atoms with Crippen molar-refractivity contribution >= 4 is 11.6 Å². The highest BCUT2D eigenvalue weighted by molar-refractivity contribution is 6.31. The van der Waals surface area contributed by atoms with Gasteiger partial charge in [0.1, 0.15) is 11.5 Å². The van der Waals surface area contributed by atoms with Gasteiger partial charge in [0.15, 0.2) is 0 Å². The van der Waals surface area contributed by atoms with Crippen molar-refractivity contribution in [3.8, 4) is 11.5 Å². The molecule has 3 nitrogen and oxygen atoms in total. The molecule has 1 aromatic heterocycles. The lowest BCUT2D eigenvalue weighted by atomic mass is 10.2. The molecule has 2 aromatic rings. The third kappa shape index (κ3) is 3.50. The molecule has 0 radical (unpaired) electrons. The molecule has 0 unspecified atom stereocenters. The smallest absolute Gasteiger partial charge is 0.146 e. The molecule has 0 amide bonds. The standard InChI is InChI=1S/C16H17ClN2O/c1-11-6-14(4-5-16(11)17)20-15-7-12(8-18-10-15)9-19-13-2-3-13/h4-8,10,13,19H,2-3,9H2,1H3. The summed E-state index contributed by atoms with van der Waals surface area (Å²) >= 11 is 6.01. The monoisotopic (exact) mass is 288 g/mol. The lowest BCUT2D eigenvalue weighted by Gasteiger charge is -2.09. The number of halogens is 1. The van der Waals surface area contributed by atoms with E-state index in [0.29, 0.717) is 6.04 Å². The van der Waals surface area contributed by atoms with Crippen molar-refractivity contribution in [1.82, 2.24) is 10.3 Å². The van der Waals surface area contributed by atoms with Crippen LogP contribution in [0.5, 0.6) is 11.5 Å². The molecule has 1 aromatic carbocycles. The number of hydrogen-bond acceptors (Lipinski definition) is 3. The molecule has 1 fully saturated rings. The van der Waals surface area contributed by atoms with Crippen LogP contribution in [0.4, 0.5) is 0 Å². The van der Waals surface area contributed by atoms with Gasteiger partial charge in [-0.3, -0.25) is 4.98 Å². The van der Waals surface area contributed by atoms with Crippen LogP contribution in [0.25, 0.3) is 0 Å². The number of aromatic nitrogens is 1. The van der Waals surface area contributed by atoms with Gasteiger partial charge in [-0.25, -0.2) is 0 Å². The minimum absolute atomic E-state index is 0.693. The van der Waals surface area contributed by atoms with E-state index < -0.39 is 0 Å². The Morgan fingerprint density at radius 3 is 2.85 bits per heavy atom. The summed E-state index contributed by atoms with van der Waals surface area (Å²) in [6.07, 6.45) is 6.17. The van der Waals surface area contributed by atoms with Gasteiger partial charge in [0.05, 0.1) is 6.20 Å². The van der Waals surface area contributed by atoms with Crippen LogP contribution in [0.1, 0.15) is 24.0 Å². The van der Waals surface area contributed by atoms with E-state index in [1.165, 1.54) is 12.8 Å². The Kier molecular flexibility index (Phi) is 3.90. The fourth-order valence-corrected chi connectivity index (χ4v) is 2.10. The maximum atomic E-state index is 6.01. The second kappa shape index (κ2) is 5.81. The zero-order valence-corrected chi connectivity index (χ0v) is 12.2. The predicted molar refractivity (Wildman–Crippen MR) is 80.4 cm³/mol. The highest BCUT2D eigenvalue weighted by Gasteiger charge is 2.19. The Labute approximate surface area is 123 Å². The summed E-state index contributed by atoms with van der Waals surface area (Å²) in [5.41, 5.74) is 2.14. The number of pyridine rings is 1. The number of hydrogen-bond donors (Lipinski definition) is 1. The Balaban J connectivity index is 1.69. The average Bonchev–Trinajstić information content (AvgIpc) is 3.25. The minimum Gasteiger partial charge on any atom is -0.456 e. The second-order valence-corrected chi connectivity index (χ2v) is 5.60.